The monoisotopic (exact) mass is 350 g/mol. The molecular weight excluding hydrogens is 327 g/mol. The molecule has 0 aliphatic carbocycles. The van der Waals surface area contributed by atoms with Crippen molar-refractivity contribution in [1.82, 2.24) is 14.9 Å². The van der Waals surface area contributed by atoms with Crippen molar-refractivity contribution in [1.29, 1.82) is 0 Å². The zero-order chi connectivity index (χ0) is 17.3. The van der Waals surface area contributed by atoms with Crippen LogP contribution in [0.25, 0.3) is 0 Å². The Morgan fingerprint density at radius 3 is 2.80 bits per heavy atom. The van der Waals surface area contributed by atoms with E-state index in [2.05, 4.69) is 9.97 Å². The van der Waals surface area contributed by atoms with E-state index in [1.54, 1.807) is 0 Å². The van der Waals surface area contributed by atoms with Crippen LogP contribution in [-0.4, -0.2) is 71.9 Å². The first-order valence-corrected chi connectivity index (χ1v) is 8.92. The molecule has 1 unspecified atom stereocenters. The van der Waals surface area contributed by atoms with E-state index in [0.29, 0.717) is 38.8 Å². The molecule has 4 heterocycles. The van der Waals surface area contributed by atoms with Crippen LogP contribution in [-0.2, 0) is 14.3 Å². The molecule has 1 spiro atoms. The summed E-state index contributed by atoms with van der Waals surface area (Å²) in [4.78, 5) is 24.7. The third kappa shape index (κ3) is 3.46. The largest absolute Gasteiger partial charge is 0.369 e. The number of rotatable bonds is 2. The van der Waals surface area contributed by atoms with E-state index in [4.69, 9.17) is 9.47 Å². The van der Waals surface area contributed by atoms with Crippen LogP contribution in [0.4, 0.5) is 10.3 Å². The van der Waals surface area contributed by atoms with E-state index in [0.717, 1.165) is 32.2 Å². The smallest absolute Gasteiger partial charge is 0.251 e. The van der Waals surface area contributed by atoms with Gasteiger partial charge in [0.05, 0.1) is 32.1 Å². The molecule has 0 N–H and O–H groups in total. The van der Waals surface area contributed by atoms with Gasteiger partial charge in [-0.15, -0.1) is 0 Å². The average Bonchev–Trinajstić information content (AvgIpc) is 3.16. The zero-order valence-electron chi connectivity index (χ0n) is 14.2. The molecular formula is C17H23FN4O3. The first-order chi connectivity index (χ1) is 12.2. The maximum Gasteiger partial charge on any atom is 0.251 e. The van der Waals surface area contributed by atoms with E-state index in [1.807, 2.05) is 9.80 Å². The molecule has 7 nitrogen and oxygen atoms in total. The van der Waals surface area contributed by atoms with E-state index in [-0.39, 0.29) is 12.0 Å². The Morgan fingerprint density at radius 2 is 2.04 bits per heavy atom. The summed E-state index contributed by atoms with van der Waals surface area (Å²) in [7, 11) is 0. The van der Waals surface area contributed by atoms with Crippen molar-refractivity contribution in [3.8, 4) is 0 Å². The number of halogens is 1. The summed E-state index contributed by atoms with van der Waals surface area (Å²) < 4.78 is 24.7. The SMILES string of the molecule is O=C([C@@H]1CCCO1)N1CCOC2(CCCN(c3ncc(F)cn3)C2)C1. The lowest BCUT2D eigenvalue weighted by molar-refractivity contribution is -0.160. The Kier molecular flexibility index (Phi) is 4.56. The number of hydrogen-bond acceptors (Lipinski definition) is 6. The number of aromatic nitrogens is 2. The molecule has 1 amide bonds. The zero-order valence-corrected chi connectivity index (χ0v) is 14.2. The number of piperidine rings is 1. The van der Waals surface area contributed by atoms with Crippen LogP contribution >= 0.6 is 0 Å². The second kappa shape index (κ2) is 6.84. The quantitative estimate of drug-likeness (QED) is 0.793. The van der Waals surface area contributed by atoms with Gasteiger partial charge in [-0.05, 0) is 25.7 Å². The summed E-state index contributed by atoms with van der Waals surface area (Å²) in [6.45, 7) is 3.76. The van der Waals surface area contributed by atoms with E-state index < -0.39 is 11.4 Å². The summed E-state index contributed by atoms with van der Waals surface area (Å²) in [5, 5.41) is 0. The minimum Gasteiger partial charge on any atom is -0.369 e. The van der Waals surface area contributed by atoms with Crippen LogP contribution in [0.15, 0.2) is 12.4 Å². The fourth-order valence-electron chi connectivity index (χ4n) is 3.99. The Labute approximate surface area is 146 Å². The summed E-state index contributed by atoms with van der Waals surface area (Å²) in [5.74, 6) is 0.139. The molecule has 1 aromatic rings. The van der Waals surface area contributed by atoms with E-state index in [9.17, 15) is 9.18 Å². The Hall–Kier alpha value is -1.80. The maximum atomic E-state index is 13.1. The lowest BCUT2D eigenvalue weighted by atomic mass is 9.90. The average molecular weight is 350 g/mol. The molecule has 2 atom stereocenters. The summed E-state index contributed by atoms with van der Waals surface area (Å²) in [6, 6.07) is 0. The van der Waals surface area contributed by atoms with Crippen LogP contribution in [0, 0.1) is 5.82 Å². The van der Waals surface area contributed by atoms with Gasteiger partial charge in [0.2, 0.25) is 5.95 Å². The Bertz CT molecular complexity index is 619. The molecule has 25 heavy (non-hydrogen) atoms. The molecule has 3 aliphatic rings. The molecule has 4 rings (SSSR count). The minimum atomic E-state index is -0.447. The van der Waals surface area contributed by atoms with Gasteiger partial charge < -0.3 is 19.3 Å². The van der Waals surface area contributed by atoms with Gasteiger partial charge in [0.1, 0.15) is 11.7 Å². The number of anilines is 1. The molecule has 3 fully saturated rings. The minimum absolute atomic E-state index is 0.0790. The summed E-state index contributed by atoms with van der Waals surface area (Å²) >= 11 is 0. The van der Waals surface area contributed by atoms with Gasteiger partial charge in [-0.1, -0.05) is 0 Å². The van der Waals surface area contributed by atoms with Gasteiger partial charge in [0.15, 0.2) is 5.82 Å². The van der Waals surface area contributed by atoms with Crippen molar-refractivity contribution in [3.63, 3.8) is 0 Å². The standard InChI is InChI=1S/C17H23FN4O3/c18-13-9-19-16(20-10-13)22-5-2-4-17(12-22)11-21(6-8-25-17)15(23)14-3-1-7-24-14/h9-10,14H,1-8,11-12H2/t14-,17?/m0/s1. The van der Waals surface area contributed by atoms with Crippen LogP contribution in [0.1, 0.15) is 25.7 Å². The van der Waals surface area contributed by atoms with Gasteiger partial charge in [-0.3, -0.25) is 4.79 Å². The third-order valence-electron chi connectivity index (χ3n) is 5.19. The van der Waals surface area contributed by atoms with Gasteiger partial charge in [-0.25, -0.2) is 14.4 Å². The summed E-state index contributed by atoms with van der Waals surface area (Å²) in [5.41, 5.74) is -0.414. The van der Waals surface area contributed by atoms with E-state index >= 15 is 0 Å². The Morgan fingerprint density at radius 1 is 1.20 bits per heavy atom. The van der Waals surface area contributed by atoms with Crippen LogP contribution in [0.3, 0.4) is 0 Å². The second-order valence-corrected chi connectivity index (χ2v) is 7.02. The predicted octanol–water partition coefficient (Wildman–Crippen LogP) is 0.992. The van der Waals surface area contributed by atoms with Crippen molar-refractivity contribution >= 4 is 11.9 Å². The number of morpholine rings is 1. The van der Waals surface area contributed by atoms with Crippen molar-refractivity contribution < 1.29 is 18.7 Å². The van der Waals surface area contributed by atoms with Crippen molar-refractivity contribution in [2.75, 3.05) is 44.3 Å². The van der Waals surface area contributed by atoms with Gasteiger partial charge in [0.25, 0.3) is 5.91 Å². The van der Waals surface area contributed by atoms with Crippen molar-refractivity contribution in [3.05, 3.63) is 18.2 Å². The Balaban J connectivity index is 1.46. The number of amides is 1. The lowest BCUT2D eigenvalue weighted by Crippen LogP contribution is -2.62. The molecule has 3 aliphatic heterocycles. The molecule has 136 valence electrons. The van der Waals surface area contributed by atoms with Crippen LogP contribution in [0.5, 0.6) is 0 Å². The first kappa shape index (κ1) is 16.7. The highest BCUT2D eigenvalue weighted by Crippen LogP contribution is 2.31. The number of carbonyl (C=O) groups excluding carboxylic acids is 1. The fraction of sp³-hybridized carbons (Fsp3) is 0.706. The van der Waals surface area contributed by atoms with Crippen molar-refractivity contribution in [2.24, 2.45) is 0 Å². The number of carbonyl (C=O) groups is 1. The third-order valence-corrected chi connectivity index (χ3v) is 5.19. The molecule has 0 saturated carbocycles. The number of ether oxygens (including phenoxy) is 2. The highest BCUT2D eigenvalue weighted by Gasteiger charge is 2.43. The molecule has 8 heteroatoms. The fourth-order valence-corrected chi connectivity index (χ4v) is 3.99. The van der Waals surface area contributed by atoms with Gasteiger partial charge in [0, 0.05) is 19.7 Å². The second-order valence-electron chi connectivity index (χ2n) is 7.02. The van der Waals surface area contributed by atoms with Crippen molar-refractivity contribution in [2.45, 2.75) is 37.4 Å². The predicted molar refractivity (Wildman–Crippen MR) is 87.7 cm³/mol. The maximum absolute atomic E-state index is 13.1. The molecule has 0 aromatic carbocycles. The molecule has 1 aromatic heterocycles. The highest BCUT2D eigenvalue weighted by atomic mass is 19.1. The van der Waals surface area contributed by atoms with Gasteiger partial charge >= 0.3 is 0 Å². The molecule has 3 saturated heterocycles. The highest BCUT2D eigenvalue weighted by molar-refractivity contribution is 5.81. The molecule has 0 radical (unpaired) electrons. The summed E-state index contributed by atoms with van der Waals surface area (Å²) in [6.07, 6.45) is 5.62. The first-order valence-electron chi connectivity index (χ1n) is 8.92. The lowest BCUT2D eigenvalue weighted by Gasteiger charge is -2.48. The van der Waals surface area contributed by atoms with Crippen LogP contribution in [0.2, 0.25) is 0 Å². The normalized spacial score (nSPS) is 30.0. The van der Waals surface area contributed by atoms with Crippen LogP contribution < -0.4 is 4.90 Å². The van der Waals surface area contributed by atoms with Gasteiger partial charge in [-0.2, -0.15) is 0 Å². The van der Waals surface area contributed by atoms with E-state index in [1.165, 1.54) is 12.4 Å². The number of nitrogens with zero attached hydrogens (tertiary/aromatic N) is 4. The topological polar surface area (TPSA) is 67.8 Å². The number of hydrogen-bond donors (Lipinski definition) is 0. The molecule has 0 bridgehead atoms.